The van der Waals surface area contributed by atoms with E-state index < -0.39 is 18.1 Å². The Balaban J connectivity index is 2.73. The van der Waals surface area contributed by atoms with Gasteiger partial charge in [0, 0.05) is 6.42 Å². The first kappa shape index (κ1) is 17.6. The summed E-state index contributed by atoms with van der Waals surface area (Å²) in [6.45, 7) is 8.95. The highest BCUT2D eigenvalue weighted by Gasteiger charge is 2.17. The number of hydrogen-bond donors (Lipinski definition) is 0. The van der Waals surface area contributed by atoms with Crippen LogP contribution in [-0.2, 0) is 26.8 Å². The molecular weight excluding hydrogens is 287 g/mol. The van der Waals surface area contributed by atoms with Crippen LogP contribution in [-0.4, -0.2) is 22.0 Å². The fourth-order valence-corrected chi connectivity index (χ4v) is 3.08. The van der Waals surface area contributed by atoms with Gasteiger partial charge in [-0.1, -0.05) is 45.5 Å². The Morgan fingerprint density at radius 3 is 2.57 bits per heavy atom. The molecule has 1 unspecified atom stereocenters. The molecule has 0 spiro atoms. The van der Waals surface area contributed by atoms with Crippen molar-refractivity contribution in [2.24, 2.45) is 0 Å². The smallest absolute Gasteiger partial charge is 0.368 e. The van der Waals surface area contributed by atoms with Crippen LogP contribution in [0, 0.1) is 0 Å². The molecule has 21 heavy (non-hydrogen) atoms. The van der Waals surface area contributed by atoms with Crippen LogP contribution in [0.3, 0.4) is 0 Å². The third-order valence-electron chi connectivity index (χ3n) is 3.10. The Morgan fingerprint density at radius 1 is 1.33 bits per heavy atom. The predicted molar refractivity (Wildman–Crippen MR) is 82.1 cm³/mol. The largest absolute Gasteiger partial charge is 0.432 e. The van der Waals surface area contributed by atoms with Crippen LogP contribution in [0.2, 0.25) is 0 Å². The first-order valence-corrected chi connectivity index (χ1v) is 8.02. The van der Waals surface area contributed by atoms with Gasteiger partial charge in [0.1, 0.15) is 0 Å². The molecule has 0 aromatic heterocycles. The zero-order valence-corrected chi connectivity index (χ0v) is 13.7. The Morgan fingerprint density at radius 2 is 2.05 bits per heavy atom. The maximum Gasteiger partial charge on any atom is 0.368 e. The van der Waals surface area contributed by atoms with Gasteiger partial charge >= 0.3 is 5.97 Å². The number of carbonyl (C=O) groups is 1. The molecule has 0 heterocycles. The summed E-state index contributed by atoms with van der Waals surface area (Å²) in [6, 6.07) is 6.12. The lowest BCUT2D eigenvalue weighted by Gasteiger charge is -2.17. The average molecular weight is 308 g/mol. The van der Waals surface area contributed by atoms with Crippen molar-refractivity contribution in [3.05, 3.63) is 41.7 Å². The summed E-state index contributed by atoms with van der Waals surface area (Å²) in [4.78, 5) is 11.2. The van der Waals surface area contributed by atoms with Gasteiger partial charge in [-0.2, -0.15) is 4.39 Å². The van der Waals surface area contributed by atoms with E-state index >= 15 is 0 Å². The Labute approximate surface area is 128 Å². The molecular formula is C16H21FO3Si. The monoisotopic (exact) mass is 308 g/mol. The molecule has 0 amide bonds. The van der Waals surface area contributed by atoms with Gasteiger partial charge in [-0.15, -0.1) is 0 Å². The molecule has 5 heteroatoms. The van der Waals surface area contributed by atoms with E-state index in [0.717, 1.165) is 18.0 Å². The molecule has 1 atom stereocenters. The molecule has 0 fully saturated rings. The number of benzene rings is 1. The number of carbonyl (C=O) groups excluding carboxylic acids is 1. The Hall–Kier alpha value is -1.46. The summed E-state index contributed by atoms with van der Waals surface area (Å²) in [5.74, 6) is -2.17. The Kier molecular flexibility index (Phi) is 7.32. The molecule has 0 N–H and O–H groups in total. The summed E-state index contributed by atoms with van der Waals surface area (Å²) in [7, 11) is 0.0604. The van der Waals surface area contributed by atoms with Gasteiger partial charge in [0.2, 0.25) is 5.83 Å². The van der Waals surface area contributed by atoms with E-state index in [1.165, 1.54) is 11.1 Å². The van der Waals surface area contributed by atoms with Gasteiger partial charge < -0.3 is 9.16 Å². The van der Waals surface area contributed by atoms with Crippen molar-refractivity contribution in [1.82, 2.24) is 0 Å². The lowest BCUT2D eigenvalue weighted by molar-refractivity contribution is -0.160. The lowest BCUT2D eigenvalue weighted by atomic mass is 10.0. The minimum atomic E-state index is -1.11. The SMILES string of the molecule is C=C(F)C(=O)OC(CC)O[Si]c1cccc(CC)c1CC. The van der Waals surface area contributed by atoms with Gasteiger partial charge in [0.15, 0.2) is 6.29 Å². The molecule has 0 saturated heterocycles. The fraction of sp³-hybridized carbons (Fsp3) is 0.438. The quantitative estimate of drug-likeness (QED) is 0.321. The van der Waals surface area contributed by atoms with Crippen molar-refractivity contribution in [2.45, 2.75) is 46.3 Å². The van der Waals surface area contributed by atoms with E-state index in [-0.39, 0.29) is 9.76 Å². The minimum absolute atomic E-state index is 0.0604. The standard InChI is InChI=1S/C16H21FO3Si/c1-5-12-9-8-10-14(13(12)6-2)21-20-15(7-3)19-16(18)11(4)17/h8-10,15H,4-7H2,1-3H3. The van der Waals surface area contributed by atoms with E-state index in [1.807, 2.05) is 19.1 Å². The van der Waals surface area contributed by atoms with Crippen molar-refractivity contribution in [2.75, 3.05) is 0 Å². The highest BCUT2D eigenvalue weighted by Crippen LogP contribution is 2.09. The summed E-state index contributed by atoms with van der Waals surface area (Å²) >= 11 is 0. The molecule has 0 aliphatic rings. The summed E-state index contributed by atoms with van der Waals surface area (Å²) in [5, 5.41) is 1.10. The number of ether oxygens (including phenoxy) is 1. The second-order valence-electron chi connectivity index (χ2n) is 4.52. The van der Waals surface area contributed by atoms with E-state index in [2.05, 4.69) is 26.5 Å². The molecule has 0 aliphatic heterocycles. The number of rotatable bonds is 8. The molecule has 1 aromatic carbocycles. The van der Waals surface area contributed by atoms with Crippen LogP contribution in [0.5, 0.6) is 0 Å². The lowest BCUT2D eigenvalue weighted by Crippen LogP contribution is -2.30. The van der Waals surface area contributed by atoms with E-state index in [0.29, 0.717) is 6.42 Å². The zero-order chi connectivity index (χ0) is 15.8. The van der Waals surface area contributed by atoms with Crippen LogP contribution in [0.1, 0.15) is 38.3 Å². The first-order valence-electron chi connectivity index (χ1n) is 7.11. The van der Waals surface area contributed by atoms with Crippen molar-refractivity contribution in [1.29, 1.82) is 0 Å². The molecule has 3 nitrogen and oxygen atoms in total. The predicted octanol–water partition coefficient (Wildman–Crippen LogP) is 2.84. The van der Waals surface area contributed by atoms with Gasteiger partial charge in [-0.25, -0.2) is 4.79 Å². The van der Waals surface area contributed by atoms with E-state index in [9.17, 15) is 9.18 Å². The molecule has 0 aliphatic carbocycles. The van der Waals surface area contributed by atoms with Gasteiger partial charge in [-0.05, 0) is 29.2 Å². The summed E-state index contributed by atoms with van der Waals surface area (Å²) < 4.78 is 23.2. The Bertz CT molecular complexity index is 502. The topological polar surface area (TPSA) is 35.5 Å². The zero-order valence-electron chi connectivity index (χ0n) is 12.7. The van der Waals surface area contributed by atoms with Crippen molar-refractivity contribution < 1.29 is 18.3 Å². The number of aryl methyl sites for hydroxylation is 1. The highest BCUT2D eigenvalue weighted by atomic mass is 28.2. The number of esters is 1. The van der Waals surface area contributed by atoms with Gasteiger partial charge in [-0.3, -0.25) is 0 Å². The van der Waals surface area contributed by atoms with Crippen LogP contribution in [0.4, 0.5) is 4.39 Å². The van der Waals surface area contributed by atoms with Crippen LogP contribution in [0.15, 0.2) is 30.6 Å². The third-order valence-corrected chi connectivity index (χ3v) is 4.17. The van der Waals surface area contributed by atoms with E-state index in [4.69, 9.17) is 9.16 Å². The number of hydrogen-bond acceptors (Lipinski definition) is 3. The molecule has 1 rings (SSSR count). The third kappa shape index (κ3) is 5.10. The van der Waals surface area contributed by atoms with Gasteiger partial charge in [0.05, 0.1) is 0 Å². The molecule has 0 bridgehead atoms. The van der Waals surface area contributed by atoms with E-state index in [1.54, 1.807) is 0 Å². The fourth-order valence-electron chi connectivity index (χ4n) is 1.98. The molecule has 0 saturated carbocycles. The normalized spacial score (nSPS) is 12.0. The minimum Gasteiger partial charge on any atom is -0.432 e. The second-order valence-corrected chi connectivity index (χ2v) is 5.50. The molecule has 2 radical (unpaired) electrons. The van der Waals surface area contributed by atoms with Crippen LogP contribution >= 0.6 is 0 Å². The molecule has 114 valence electrons. The van der Waals surface area contributed by atoms with Crippen LogP contribution < -0.4 is 5.19 Å². The first-order chi connectivity index (χ1) is 10.0. The van der Waals surface area contributed by atoms with Crippen LogP contribution in [0.25, 0.3) is 0 Å². The summed E-state index contributed by atoms with van der Waals surface area (Å²) in [5.41, 5.74) is 2.57. The highest BCUT2D eigenvalue weighted by molar-refractivity contribution is 6.47. The van der Waals surface area contributed by atoms with Crippen molar-refractivity contribution >= 4 is 20.9 Å². The van der Waals surface area contributed by atoms with Crippen molar-refractivity contribution in [3.63, 3.8) is 0 Å². The van der Waals surface area contributed by atoms with Crippen molar-refractivity contribution in [3.8, 4) is 0 Å². The second kappa shape index (κ2) is 8.74. The maximum atomic E-state index is 12.7. The summed E-state index contributed by atoms with van der Waals surface area (Å²) in [6.07, 6.45) is 1.60. The van der Waals surface area contributed by atoms with Gasteiger partial charge in [0.25, 0.3) is 9.76 Å². The maximum absolute atomic E-state index is 12.7. The average Bonchev–Trinajstić information content (AvgIpc) is 2.50. The molecule has 1 aromatic rings. The number of halogens is 1.